The van der Waals surface area contributed by atoms with Crippen molar-refractivity contribution in [1.82, 2.24) is 0 Å². The number of ether oxygens (including phenoxy) is 1. The van der Waals surface area contributed by atoms with Gasteiger partial charge in [0.2, 0.25) is 5.91 Å². The predicted octanol–water partition coefficient (Wildman–Crippen LogP) is 3.33. The zero-order valence-corrected chi connectivity index (χ0v) is 11.0. The van der Waals surface area contributed by atoms with E-state index in [-0.39, 0.29) is 17.2 Å². The van der Waals surface area contributed by atoms with Gasteiger partial charge in [0.1, 0.15) is 5.75 Å². The molecule has 1 N–H and O–H groups in total. The van der Waals surface area contributed by atoms with Crippen LogP contribution in [0, 0.1) is 11.3 Å². The average molecular weight is 254 g/mol. The number of nitrogens with one attached hydrogen (secondary N) is 1. The lowest BCUT2D eigenvalue weighted by atomic mass is 10.1. The molecular weight excluding hydrogens is 238 g/mol. The molecule has 0 spiro atoms. The summed E-state index contributed by atoms with van der Waals surface area (Å²) < 4.78 is 5.18. The average Bonchev–Trinajstić information content (AvgIpc) is 2.88. The smallest absolute Gasteiger partial charge is 0.228 e. The molecule has 0 bridgehead atoms. The maximum absolute atomic E-state index is 12.0. The second-order valence-electron chi connectivity index (χ2n) is 5.08. The molecule has 0 aromatic heterocycles. The number of carbonyl (C=O) groups is 1. The number of benzene rings is 1. The Bertz CT molecular complexity index is 457. The maximum atomic E-state index is 12.0. The van der Waals surface area contributed by atoms with Crippen molar-refractivity contribution in [2.45, 2.75) is 20.3 Å². The molecule has 1 aromatic rings. The largest absolute Gasteiger partial charge is 0.495 e. The molecule has 4 heteroatoms. The van der Waals surface area contributed by atoms with Gasteiger partial charge in [-0.3, -0.25) is 4.79 Å². The van der Waals surface area contributed by atoms with Crippen LogP contribution in [0.5, 0.6) is 5.75 Å². The number of methoxy groups -OCH3 is 1. The lowest BCUT2D eigenvalue weighted by Crippen LogP contribution is -2.17. The fourth-order valence-corrected chi connectivity index (χ4v) is 2.08. The van der Waals surface area contributed by atoms with Crippen molar-refractivity contribution in [2.24, 2.45) is 11.3 Å². The zero-order chi connectivity index (χ0) is 12.6. The SMILES string of the molecule is COc1ccc(Cl)cc1NC(=O)C1CC1(C)C. The van der Waals surface area contributed by atoms with Crippen LogP contribution in [0.1, 0.15) is 20.3 Å². The van der Waals surface area contributed by atoms with Crippen molar-refractivity contribution in [1.29, 1.82) is 0 Å². The molecular formula is C13H16ClNO2. The highest BCUT2D eigenvalue weighted by Crippen LogP contribution is 2.52. The standard InChI is InChI=1S/C13H16ClNO2/c1-13(2)7-9(13)12(16)15-10-6-8(14)4-5-11(10)17-3/h4-6,9H,7H2,1-3H3,(H,15,16). The highest BCUT2D eigenvalue weighted by atomic mass is 35.5. The summed E-state index contributed by atoms with van der Waals surface area (Å²) in [5.41, 5.74) is 0.753. The molecule has 2 rings (SSSR count). The zero-order valence-electron chi connectivity index (χ0n) is 10.2. The van der Waals surface area contributed by atoms with E-state index in [1.807, 2.05) is 0 Å². The van der Waals surface area contributed by atoms with E-state index >= 15 is 0 Å². The van der Waals surface area contributed by atoms with Gasteiger partial charge in [-0.2, -0.15) is 0 Å². The van der Waals surface area contributed by atoms with Crippen LogP contribution in [0.2, 0.25) is 5.02 Å². The molecule has 1 unspecified atom stereocenters. The topological polar surface area (TPSA) is 38.3 Å². The Balaban J connectivity index is 2.13. The Hall–Kier alpha value is -1.22. The monoisotopic (exact) mass is 253 g/mol. The van der Waals surface area contributed by atoms with E-state index in [2.05, 4.69) is 19.2 Å². The first-order valence-electron chi connectivity index (χ1n) is 5.58. The van der Waals surface area contributed by atoms with Gasteiger partial charge in [-0.1, -0.05) is 25.4 Å². The molecule has 0 heterocycles. The fraction of sp³-hybridized carbons (Fsp3) is 0.462. The Morgan fingerprint density at radius 2 is 2.18 bits per heavy atom. The van der Waals surface area contributed by atoms with Crippen LogP contribution < -0.4 is 10.1 Å². The van der Waals surface area contributed by atoms with E-state index in [1.165, 1.54) is 0 Å². The van der Waals surface area contributed by atoms with E-state index < -0.39 is 0 Å². The van der Waals surface area contributed by atoms with Gasteiger partial charge in [0.05, 0.1) is 12.8 Å². The number of rotatable bonds is 3. The Kier molecular flexibility index (Phi) is 3.04. The third-order valence-electron chi connectivity index (χ3n) is 3.25. The van der Waals surface area contributed by atoms with Gasteiger partial charge < -0.3 is 10.1 Å². The number of hydrogen-bond acceptors (Lipinski definition) is 2. The van der Waals surface area contributed by atoms with Gasteiger partial charge in [-0.15, -0.1) is 0 Å². The van der Waals surface area contributed by atoms with Crippen LogP contribution >= 0.6 is 11.6 Å². The number of anilines is 1. The van der Waals surface area contributed by atoms with Crippen LogP contribution in [-0.4, -0.2) is 13.0 Å². The first-order chi connectivity index (χ1) is 7.94. The fourth-order valence-electron chi connectivity index (χ4n) is 1.91. The van der Waals surface area contributed by atoms with E-state index in [0.717, 1.165) is 6.42 Å². The van der Waals surface area contributed by atoms with Crippen molar-refractivity contribution < 1.29 is 9.53 Å². The summed E-state index contributed by atoms with van der Waals surface area (Å²) in [6, 6.07) is 5.18. The molecule has 1 aliphatic carbocycles. The normalized spacial score (nSPS) is 20.8. The van der Waals surface area contributed by atoms with Gasteiger partial charge in [0.15, 0.2) is 0 Å². The molecule has 92 valence electrons. The minimum Gasteiger partial charge on any atom is -0.495 e. The Labute approximate surface area is 106 Å². The quantitative estimate of drug-likeness (QED) is 0.897. The Morgan fingerprint density at radius 1 is 1.53 bits per heavy atom. The van der Waals surface area contributed by atoms with Gasteiger partial charge in [0, 0.05) is 10.9 Å². The summed E-state index contributed by atoms with van der Waals surface area (Å²) in [5, 5.41) is 3.45. The molecule has 1 aliphatic rings. The molecule has 1 atom stereocenters. The van der Waals surface area contributed by atoms with E-state index in [4.69, 9.17) is 16.3 Å². The first-order valence-corrected chi connectivity index (χ1v) is 5.96. The third kappa shape index (κ3) is 2.55. The minimum absolute atomic E-state index is 0.0376. The van der Waals surface area contributed by atoms with Crippen molar-refractivity contribution >= 4 is 23.2 Å². The lowest BCUT2D eigenvalue weighted by molar-refractivity contribution is -0.118. The molecule has 1 amide bonds. The van der Waals surface area contributed by atoms with E-state index in [9.17, 15) is 4.79 Å². The molecule has 1 saturated carbocycles. The number of amides is 1. The summed E-state index contributed by atoms with van der Waals surface area (Å²) in [6.07, 6.45) is 0.932. The van der Waals surface area contributed by atoms with Gasteiger partial charge >= 0.3 is 0 Å². The van der Waals surface area contributed by atoms with Crippen molar-refractivity contribution in [3.05, 3.63) is 23.2 Å². The maximum Gasteiger partial charge on any atom is 0.228 e. The molecule has 0 saturated heterocycles. The highest BCUT2D eigenvalue weighted by Gasteiger charge is 2.50. The van der Waals surface area contributed by atoms with Gasteiger partial charge in [-0.25, -0.2) is 0 Å². The first kappa shape index (κ1) is 12.2. The summed E-state index contributed by atoms with van der Waals surface area (Å²) in [7, 11) is 1.57. The van der Waals surface area contributed by atoms with Gasteiger partial charge in [0.25, 0.3) is 0 Å². The van der Waals surface area contributed by atoms with Gasteiger partial charge in [-0.05, 0) is 30.0 Å². The van der Waals surface area contributed by atoms with Crippen LogP contribution in [0.3, 0.4) is 0 Å². The molecule has 3 nitrogen and oxygen atoms in total. The van der Waals surface area contributed by atoms with Crippen molar-refractivity contribution in [3.63, 3.8) is 0 Å². The summed E-state index contributed by atoms with van der Waals surface area (Å²) in [6.45, 7) is 4.18. The summed E-state index contributed by atoms with van der Waals surface area (Å²) in [4.78, 5) is 12.0. The van der Waals surface area contributed by atoms with E-state index in [0.29, 0.717) is 16.5 Å². The Morgan fingerprint density at radius 3 is 2.71 bits per heavy atom. The van der Waals surface area contributed by atoms with Crippen LogP contribution in [0.4, 0.5) is 5.69 Å². The van der Waals surface area contributed by atoms with Crippen LogP contribution in [-0.2, 0) is 4.79 Å². The summed E-state index contributed by atoms with van der Waals surface area (Å²) >= 11 is 5.90. The molecule has 1 fully saturated rings. The second-order valence-corrected chi connectivity index (χ2v) is 5.52. The van der Waals surface area contributed by atoms with Crippen LogP contribution in [0.25, 0.3) is 0 Å². The molecule has 0 aliphatic heterocycles. The summed E-state index contributed by atoms with van der Waals surface area (Å²) in [5.74, 6) is 0.753. The molecule has 0 radical (unpaired) electrons. The molecule has 17 heavy (non-hydrogen) atoms. The van der Waals surface area contributed by atoms with Crippen molar-refractivity contribution in [2.75, 3.05) is 12.4 Å². The molecule has 1 aromatic carbocycles. The lowest BCUT2D eigenvalue weighted by Gasteiger charge is -2.11. The second kappa shape index (κ2) is 4.22. The number of halogens is 1. The number of hydrogen-bond donors (Lipinski definition) is 1. The minimum atomic E-state index is 0.0376. The van der Waals surface area contributed by atoms with Crippen molar-refractivity contribution in [3.8, 4) is 5.75 Å². The predicted molar refractivity (Wildman–Crippen MR) is 68.5 cm³/mol. The third-order valence-corrected chi connectivity index (χ3v) is 3.48. The van der Waals surface area contributed by atoms with E-state index in [1.54, 1.807) is 25.3 Å². The highest BCUT2D eigenvalue weighted by molar-refractivity contribution is 6.31. The van der Waals surface area contributed by atoms with Crippen LogP contribution in [0.15, 0.2) is 18.2 Å². The number of carbonyl (C=O) groups excluding carboxylic acids is 1.